The summed E-state index contributed by atoms with van der Waals surface area (Å²) in [6.45, 7) is 3.82. The van der Waals surface area contributed by atoms with Gasteiger partial charge in [0.15, 0.2) is 0 Å². The van der Waals surface area contributed by atoms with Gasteiger partial charge in [0.05, 0.1) is 16.8 Å². The summed E-state index contributed by atoms with van der Waals surface area (Å²) in [5.74, 6) is 0.433. The molecular formula is C13H20N2O2S. The molecule has 18 heavy (non-hydrogen) atoms. The number of nitrogens with one attached hydrogen (secondary N) is 1. The number of nitrogens with zero attached hydrogens (tertiary/aromatic N) is 1. The molecule has 1 aromatic heterocycles. The monoisotopic (exact) mass is 268 g/mol. The van der Waals surface area contributed by atoms with Gasteiger partial charge in [0.25, 0.3) is 5.91 Å². The van der Waals surface area contributed by atoms with Crippen LogP contribution in [-0.4, -0.2) is 28.6 Å². The predicted molar refractivity (Wildman–Crippen MR) is 72.1 cm³/mol. The first-order chi connectivity index (χ1) is 8.58. The number of aromatic nitrogens is 1. The van der Waals surface area contributed by atoms with Gasteiger partial charge in [-0.1, -0.05) is 12.8 Å². The number of carbonyl (C=O) groups is 1. The molecule has 4 nitrogen and oxygen atoms in total. The highest BCUT2D eigenvalue weighted by Gasteiger charge is 2.23. The molecule has 0 spiro atoms. The van der Waals surface area contributed by atoms with Crippen LogP contribution in [0.2, 0.25) is 0 Å². The van der Waals surface area contributed by atoms with Gasteiger partial charge >= 0.3 is 0 Å². The van der Waals surface area contributed by atoms with E-state index in [2.05, 4.69) is 10.3 Å². The van der Waals surface area contributed by atoms with Crippen molar-refractivity contribution in [3.8, 4) is 0 Å². The predicted octanol–water partition coefficient (Wildman–Crippen LogP) is 2.22. The highest BCUT2D eigenvalue weighted by atomic mass is 32.1. The molecule has 1 aliphatic rings. The van der Waals surface area contributed by atoms with Crippen LogP contribution in [0, 0.1) is 6.92 Å². The van der Waals surface area contributed by atoms with Crippen molar-refractivity contribution in [1.29, 1.82) is 0 Å². The van der Waals surface area contributed by atoms with Crippen molar-refractivity contribution in [1.82, 2.24) is 10.3 Å². The summed E-state index contributed by atoms with van der Waals surface area (Å²) in [5.41, 5.74) is 0.810. The van der Waals surface area contributed by atoms with E-state index in [1.54, 1.807) is 6.92 Å². The maximum atomic E-state index is 11.9. The fraction of sp³-hybridized carbons (Fsp3) is 0.692. The molecule has 5 heteroatoms. The zero-order chi connectivity index (χ0) is 13.1. The Morgan fingerprint density at radius 2 is 2.22 bits per heavy atom. The molecular weight excluding hydrogens is 248 g/mol. The fourth-order valence-corrected chi connectivity index (χ4v) is 3.45. The van der Waals surface area contributed by atoms with E-state index in [1.807, 2.05) is 6.92 Å². The lowest BCUT2D eigenvalue weighted by Crippen LogP contribution is -2.30. The second-order valence-electron chi connectivity index (χ2n) is 5.01. The van der Waals surface area contributed by atoms with Gasteiger partial charge < -0.3 is 10.4 Å². The molecule has 1 atom stereocenters. The minimum absolute atomic E-state index is 0.116. The van der Waals surface area contributed by atoms with Crippen molar-refractivity contribution in [2.24, 2.45) is 0 Å². The van der Waals surface area contributed by atoms with Gasteiger partial charge in [-0.05, 0) is 26.7 Å². The molecule has 1 heterocycles. The SMILES string of the molecule is Cc1nc(C2CCCC2)sc1C(=O)NCC(C)O. The number of hydrogen-bond donors (Lipinski definition) is 2. The number of aryl methyl sites for hydroxylation is 1. The molecule has 1 unspecified atom stereocenters. The van der Waals surface area contributed by atoms with Crippen molar-refractivity contribution in [3.63, 3.8) is 0 Å². The Balaban J connectivity index is 2.06. The van der Waals surface area contributed by atoms with Crippen molar-refractivity contribution in [2.45, 2.75) is 51.6 Å². The van der Waals surface area contributed by atoms with Crippen LogP contribution in [0.15, 0.2) is 0 Å². The lowest BCUT2D eigenvalue weighted by molar-refractivity contribution is 0.0927. The van der Waals surface area contributed by atoms with Gasteiger partial charge in [-0.3, -0.25) is 4.79 Å². The lowest BCUT2D eigenvalue weighted by atomic mass is 10.1. The summed E-state index contributed by atoms with van der Waals surface area (Å²) in [6.07, 6.45) is 4.42. The highest BCUT2D eigenvalue weighted by molar-refractivity contribution is 7.13. The Hall–Kier alpha value is -0.940. The number of amides is 1. The summed E-state index contributed by atoms with van der Waals surface area (Å²) in [6, 6.07) is 0. The number of thiazole rings is 1. The average molecular weight is 268 g/mol. The third-order valence-electron chi connectivity index (χ3n) is 3.28. The highest BCUT2D eigenvalue weighted by Crippen LogP contribution is 2.36. The van der Waals surface area contributed by atoms with Crippen LogP contribution in [-0.2, 0) is 0 Å². The Bertz CT molecular complexity index is 423. The van der Waals surface area contributed by atoms with Crippen molar-refractivity contribution in [3.05, 3.63) is 15.6 Å². The molecule has 1 saturated carbocycles. The number of carbonyl (C=O) groups excluding carboxylic acids is 1. The van der Waals surface area contributed by atoms with Gasteiger partial charge in [-0.2, -0.15) is 0 Å². The van der Waals surface area contributed by atoms with Gasteiger partial charge in [-0.15, -0.1) is 11.3 Å². The summed E-state index contributed by atoms with van der Waals surface area (Å²) < 4.78 is 0. The van der Waals surface area contributed by atoms with E-state index in [4.69, 9.17) is 5.11 Å². The van der Waals surface area contributed by atoms with E-state index in [0.29, 0.717) is 10.8 Å². The van der Waals surface area contributed by atoms with E-state index in [1.165, 1.54) is 37.0 Å². The third kappa shape index (κ3) is 3.09. The summed E-state index contributed by atoms with van der Waals surface area (Å²) in [4.78, 5) is 17.2. The molecule has 0 aromatic carbocycles. The molecule has 2 N–H and O–H groups in total. The van der Waals surface area contributed by atoms with Crippen molar-refractivity contribution in [2.75, 3.05) is 6.54 Å². The number of rotatable bonds is 4. The maximum Gasteiger partial charge on any atom is 0.263 e. The molecule has 0 radical (unpaired) electrons. The second-order valence-corrected chi connectivity index (χ2v) is 6.04. The van der Waals surface area contributed by atoms with Crippen LogP contribution in [0.4, 0.5) is 0 Å². The number of aliphatic hydroxyl groups excluding tert-OH is 1. The molecule has 0 aliphatic heterocycles. The van der Waals surface area contributed by atoms with Crippen LogP contribution in [0.1, 0.15) is 58.9 Å². The normalized spacial score (nSPS) is 17.9. The molecule has 1 amide bonds. The van der Waals surface area contributed by atoms with Crippen LogP contribution in [0.5, 0.6) is 0 Å². The van der Waals surface area contributed by atoms with E-state index >= 15 is 0 Å². The quantitative estimate of drug-likeness (QED) is 0.880. The van der Waals surface area contributed by atoms with Crippen LogP contribution in [0.25, 0.3) is 0 Å². The molecule has 0 bridgehead atoms. The van der Waals surface area contributed by atoms with Crippen LogP contribution < -0.4 is 5.32 Å². The minimum atomic E-state index is -0.517. The number of hydrogen-bond acceptors (Lipinski definition) is 4. The van der Waals surface area contributed by atoms with E-state index in [-0.39, 0.29) is 12.5 Å². The first kappa shape index (κ1) is 13.5. The molecule has 0 saturated heterocycles. The second kappa shape index (κ2) is 5.80. The first-order valence-corrected chi connectivity index (χ1v) is 7.33. The Kier molecular flexibility index (Phi) is 4.35. The van der Waals surface area contributed by atoms with E-state index in [0.717, 1.165) is 10.7 Å². The topological polar surface area (TPSA) is 62.2 Å². The molecule has 1 fully saturated rings. The summed E-state index contributed by atoms with van der Waals surface area (Å²) in [7, 11) is 0. The van der Waals surface area contributed by atoms with Gasteiger partial charge in [-0.25, -0.2) is 4.98 Å². The van der Waals surface area contributed by atoms with E-state index in [9.17, 15) is 4.79 Å². The Morgan fingerprint density at radius 3 is 2.83 bits per heavy atom. The van der Waals surface area contributed by atoms with Crippen molar-refractivity contribution < 1.29 is 9.90 Å². The largest absolute Gasteiger partial charge is 0.392 e. The van der Waals surface area contributed by atoms with E-state index < -0.39 is 6.10 Å². The maximum absolute atomic E-state index is 11.9. The Labute approximate surface area is 111 Å². The number of aliphatic hydroxyl groups is 1. The smallest absolute Gasteiger partial charge is 0.263 e. The molecule has 2 rings (SSSR count). The average Bonchev–Trinajstić information content (AvgIpc) is 2.94. The summed E-state index contributed by atoms with van der Waals surface area (Å²) in [5, 5.41) is 13.0. The molecule has 100 valence electrons. The van der Waals surface area contributed by atoms with Crippen LogP contribution in [0.3, 0.4) is 0 Å². The zero-order valence-corrected chi connectivity index (χ0v) is 11.7. The first-order valence-electron chi connectivity index (χ1n) is 6.51. The van der Waals surface area contributed by atoms with Gasteiger partial charge in [0.1, 0.15) is 4.88 Å². The Morgan fingerprint density at radius 1 is 1.56 bits per heavy atom. The summed E-state index contributed by atoms with van der Waals surface area (Å²) >= 11 is 1.51. The fourth-order valence-electron chi connectivity index (χ4n) is 2.30. The van der Waals surface area contributed by atoms with Gasteiger partial charge in [0, 0.05) is 12.5 Å². The molecule has 1 aliphatic carbocycles. The third-order valence-corrected chi connectivity index (χ3v) is 4.60. The van der Waals surface area contributed by atoms with Crippen LogP contribution >= 0.6 is 11.3 Å². The van der Waals surface area contributed by atoms with Crippen molar-refractivity contribution >= 4 is 17.2 Å². The zero-order valence-electron chi connectivity index (χ0n) is 10.9. The standard InChI is InChI=1S/C13H20N2O2S/c1-8(16)7-14-12(17)11-9(2)15-13(18-11)10-5-3-4-6-10/h8,10,16H,3-7H2,1-2H3,(H,14,17). The molecule has 1 aromatic rings. The minimum Gasteiger partial charge on any atom is -0.392 e. The lowest BCUT2D eigenvalue weighted by Gasteiger charge is -2.05. The van der Waals surface area contributed by atoms with Gasteiger partial charge in [0.2, 0.25) is 0 Å².